The summed E-state index contributed by atoms with van der Waals surface area (Å²) in [4.78, 5) is 20.8. The summed E-state index contributed by atoms with van der Waals surface area (Å²) in [6, 6.07) is 0. The van der Waals surface area contributed by atoms with Gasteiger partial charge in [0.15, 0.2) is 5.13 Å². The molecule has 1 aliphatic rings. The summed E-state index contributed by atoms with van der Waals surface area (Å²) in [5.74, 6) is -0.862. The third-order valence-electron chi connectivity index (χ3n) is 3.71. The van der Waals surface area contributed by atoms with Crippen molar-refractivity contribution in [3.63, 3.8) is 0 Å². The first kappa shape index (κ1) is 15.3. The van der Waals surface area contributed by atoms with Gasteiger partial charge in [-0.1, -0.05) is 18.3 Å². The smallest absolute Gasteiger partial charge is 0.347 e. The van der Waals surface area contributed by atoms with Crippen molar-refractivity contribution in [3.05, 3.63) is 10.6 Å². The van der Waals surface area contributed by atoms with Gasteiger partial charge < -0.3 is 10.0 Å². The lowest BCUT2D eigenvalue weighted by atomic mass is 10.1. The molecule has 5 nitrogen and oxygen atoms in total. The Kier molecular flexibility index (Phi) is 4.34. The second-order valence-corrected chi connectivity index (χ2v) is 7.05. The van der Waals surface area contributed by atoms with Crippen molar-refractivity contribution < 1.29 is 9.90 Å². The van der Waals surface area contributed by atoms with Crippen LogP contribution in [0.15, 0.2) is 0 Å². The molecular formula is C14H23N3O2S. The van der Waals surface area contributed by atoms with E-state index in [0.29, 0.717) is 17.0 Å². The van der Waals surface area contributed by atoms with Crippen LogP contribution in [0.1, 0.15) is 43.1 Å². The van der Waals surface area contributed by atoms with Crippen LogP contribution in [-0.2, 0) is 6.42 Å². The minimum absolute atomic E-state index is 0.190. The van der Waals surface area contributed by atoms with Gasteiger partial charge in [-0.05, 0) is 27.2 Å². The van der Waals surface area contributed by atoms with Crippen molar-refractivity contribution in [1.82, 2.24) is 9.88 Å². The highest BCUT2D eigenvalue weighted by molar-refractivity contribution is 7.17. The first-order valence-electron chi connectivity index (χ1n) is 7.06. The molecule has 2 heterocycles. The van der Waals surface area contributed by atoms with Crippen LogP contribution in [0.25, 0.3) is 0 Å². The van der Waals surface area contributed by atoms with Gasteiger partial charge >= 0.3 is 5.97 Å². The maximum absolute atomic E-state index is 11.2. The van der Waals surface area contributed by atoms with E-state index in [2.05, 4.69) is 35.6 Å². The van der Waals surface area contributed by atoms with Crippen molar-refractivity contribution in [2.75, 3.05) is 31.1 Å². The molecule has 2 rings (SSSR count). The van der Waals surface area contributed by atoms with Gasteiger partial charge in [-0.2, -0.15) is 0 Å². The summed E-state index contributed by atoms with van der Waals surface area (Å²) in [7, 11) is 0. The molecule has 6 heteroatoms. The highest BCUT2D eigenvalue weighted by atomic mass is 32.1. The number of carboxylic acid groups (broad SMARTS) is 1. The summed E-state index contributed by atoms with van der Waals surface area (Å²) in [6.07, 6.45) is 0.667. The predicted molar refractivity (Wildman–Crippen MR) is 82.0 cm³/mol. The lowest BCUT2D eigenvalue weighted by molar-refractivity contribution is 0.0701. The predicted octanol–water partition coefficient (Wildman–Crippen LogP) is 2.32. The Morgan fingerprint density at radius 2 is 1.90 bits per heavy atom. The van der Waals surface area contributed by atoms with Crippen LogP contribution < -0.4 is 4.90 Å². The number of piperazine rings is 1. The maximum atomic E-state index is 11.2. The number of hydrogen-bond acceptors (Lipinski definition) is 5. The zero-order valence-electron chi connectivity index (χ0n) is 12.6. The second kappa shape index (κ2) is 5.69. The molecule has 1 saturated heterocycles. The van der Waals surface area contributed by atoms with Crippen LogP contribution in [0.4, 0.5) is 5.13 Å². The van der Waals surface area contributed by atoms with Crippen LogP contribution in [0.3, 0.4) is 0 Å². The first-order valence-corrected chi connectivity index (χ1v) is 7.87. The fraction of sp³-hybridized carbons (Fsp3) is 0.714. The molecular weight excluding hydrogens is 274 g/mol. The minimum Gasteiger partial charge on any atom is -0.477 e. The molecule has 0 unspecified atom stereocenters. The molecule has 0 aromatic carbocycles. The molecule has 0 aliphatic carbocycles. The Hall–Kier alpha value is -1.14. The maximum Gasteiger partial charge on any atom is 0.347 e. The Labute approximate surface area is 124 Å². The molecule has 112 valence electrons. The van der Waals surface area contributed by atoms with Crippen LogP contribution >= 0.6 is 11.3 Å². The average molecular weight is 297 g/mol. The number of carbonyl (C=O) groups is 1. The lowest BCUT2D eigenvalue weighted by Crippen LogP contribution is -2.53. The number of nitrogens with zero attached hydrogens (tertiary/aromatic N) is 3. The number of aromatic carboxylic acids is 1. The number of rotatable bonds is 3. The molecule has 0 radical (unpaired) electrons. The van der Waals surface area contributed by atoms with E-state index in [1.54, 1.807) is 0 Å². The molecule has 1 aromatic heterocycles. The van der Waals surface area contributed by atoms with Gasteiger partial charge in [-0.3, -0.25) is 4.90 Å². The van der Waals surface area contributed by atoms with E-state index in [1.807, 2.05) is 6.92 Å². The highest BCUT2D eigenvalue weighted by Gasteiger charge is 2.28. The fourth-order valence-corrected chi connectivity index (χ4v) is 3.49. The van der Waals surface area contributed by atoms with E-state index in [9.17, 15) is 9.90 Å². The van der Waals surface area contributed by atoms with E-state index < -0.39 is 5.97 Å². The van der Waals surface area contributed by atoms with Crippen LogP contribution in [0, 0.1) is 0 Å². The van der Waals surface area contributed by atoms with Gasteiger partial charge in [0.2, 0.25) is 0 Å². The van der Waals surface area contributed by atoms with E-state index in [0.717, 1.165) is 31.3 Å². The van der Waals surface area contributed by atoms with Crippen LogP contribution in [0.2, 0.25) is 0 Å². The number of anilines is 1. The van der Waals surface area contributed by atoms with Gasteiger partial charge in [0.25, 0.3) is 0 Å². The molecule has 0 spiro atoms. The van der Waals surface area contributed by atoms with Crippen molar-refractivity contribution in [1.29, 1.82) is 0 Å². The van der Waals surface area contributed by atoms with Crippen LogP contribution in [-0.4, -0.2) is 52.7 Å². The minimum atomic E-state index is -0.862. The van der Waals surface area contributed by atoms with Gasteiger partial charge in [-0.25, -0.2) is 9.78 Å². The molecule has 1 N–H and O–H groups in total. The van der Waals surface area contributed by atoms with E-state index in [1.165, 1.54) is 11.3 Å². The van der Waals surface area contributed by atoms with E-state index >= 15 is 0 Å². The molecule has 1 fully saturated rings. The molecule has 0 atom stereocenters. The average Bonchev–Trinajstić information content (AvgIpc) is 2.82. The molecule has 1 aliphatic heterocycles. The third kappa shape index (κ3) is 3.12. The molecule has 20 heavy (non-hydrogen) atoms. The summed E-state index contributed by atoms with van der Waals surface area (Å²) in [6.45, 7) is 12.4. The van der Waals surface area contributed by atoms with E-state index in [4.69, 9.17) is 0 Å². The van der Waals surface area contributed by atoms with Crippen molar-refractivity contribution in [3.8, 4) is 0 Å². The summed E-state index contributed by atoms with van der Waals surface area (Å²) < 4.78 is 0. The molecule has 1 aromatic rings. The highest BCUT2D eigenvalue weighted by Crippen LogP contribution is 2.28. The Balaban J connectivity index is 2.09. The van der Waals surface area contributed by atoms with Crippen molar-refractivity contribution in [2.24, 2.45) is 0 Å². The quantitative estimate of drug-likeness (QED) is 0.928. The van der Waals surface area contributed by atoms with Gasteiger partial charge in [0, 0.05) is 31.7 Å². The van der Waals surface area contributed by atoms with Gasteiger partial charge in [-0.15, -0.1) is 0 Å². The summed E-state index contributed by atoms with van der Waals surface area (Å²) in [5.41, 5.74) is 0.895. The van der Waals surface area contributed by atoms with Crippen LogP contribution in [0.5, 0.6) is 0 Å². The standard InChI is InChI=1S/C14H23N3O2S/c1-5-10-11(12(18)19)20-13(15-10)16-6-8-17(9-7-16)14(2,3)4/h5-9H2,1-4H3,(H,18,19). The largest absolute Gasteiger partial charge is 0.477 e. The topological polar surface area (TPSA) is 56.7 Å². The molecule has 0 saturated carbocycles. The Morgan fingerprint density at radius 3 is 2.30 bits per heavy atom. The van der Waals surface area contributed by atoms with Gasteiger partial charge in [0.05, 0.1) is 5.69 Å². The molecule has 0 amide bonds. The number of hydrogen-bond donors (Lipinski definition) is 1. The fourth-order valence-electron chi connectivity index (χ4n) is 2.45. The van der Waals surface area contributed by atoms with Crippen molar-refractivity contribution >= 4 is 22.4 Å². The zero-order chi connectivity index (χ0) is 14.9. The number of aryl methyl sites for hydroxylation is 1. The van der Waals surface area contributed by atoms with Gasteiger partial charge in [0.1, 0.15) is 4.88 Å². The molecule has 0 bridgehead atoms. The number of aromatic nitrogens is 1. The number of thiazole rings is 1. The number of carboxylic acids is 1. The van der Waals surface area contributed by atoms with E-state index in [-0.39, 0.29) is 5.54 Å². The second-order valence-electron chi connectivity index (χ2n) is 6.08. The Bertz CT molecular complexity index is 485. The monoisotopic (exact) mass is 297 g/mol. The third-order valence-corrected chi connectivity index (χ3v) is 4.86. The summed E-state index contributed by atoms with van der Waals surface area (Å²) >= 11 is 1.30. The van der Waals surface area contributed by atoms with Crippen molar-refractivity contribution in [2.45, 2.75) is 39.7 Å². The normalized spacial score (nSPS) is 17.5. The first-order chi connectivity index (χ1) is 9.32. The zero-order valence-corrected chi connectivity index (χ0v) is 13.5. The summed E-state index contributed by atoms with van der Waals surface area (Å²) in [5, 5.41) is 10.1. The lowest BCUT2D eigenvalue weighted by Gasteiger charge is -2.42. The SMILES string of the molecule is CCc1nc(N2CCN(C(C)(C)C)CC2)sc1C(=O)O. The Morgan fingerprint density at radius 1 is 1.30 bits per heavy atom.